The van der Waals surface area contributed by atoms with Gasteiger partial charge in [-0.1, -0.05) is 11.8 Å². The van der Waals surface area contributed by atoms with Crippen molar-refractivity contribution in [2.24, 2.45) is 0 Å². The summed E-state index contributed by atoms with van der Waals surface area (Å²) in [5.41, 5.74) is -0.680. The van der Waals surface area contributed by atoms with Crippen LogP contribution in [0.2, 0.25) is 0 Å². The number of nitrogens with zero attached hydrogens (tertiary/aromatic N) is 1. The summed E-state index contributed by atoms with van der Waals surface area (Å²) >= 11 is 3.15. The molecule has 1 unspecified atom stereocenters. The Kier molecular flexibility index (Phi) is 6.11. The van der Waals surface area contributed by atoms with Gasteiger partial charge in [0.1, 0.15) is 9.88 Å². The fourth-order valence-corrected chi connectivity index (χ4v) is 3.30. The van der Waals surface area contributed by atoms with E-state index in [4.69, 9.17) is 4.74 Å². The van der Waals surface area contributed by atoms with E-state index in [9.17, 15) is 4.79 Å². The van der Waals surface area contributed by atoms with Gasteiger partial charge in [-0.2, -0.15) is 0 Å². The van der Waals surface area contributed by atoms with Gasteiger partial charge in [0, 0.05) is 23.4 Å². The molecule has 0 aliphatic heterocycles. The molecule has 0 saturated carbocycles. The van der Waals surface area contributed by atoms with E-state index >= 15 is 0 Å². The monoisotopic (exact) mass is 288 g/mol. The van der Waals surface area contributed by atoms with Gasteiger partial charge < -0.3 is 4.74 Å². The maximum Gasteiger partial charge on any atom is 0.326 e. The molecule has 4 nitrogen and oxygen atoms in total. The largest absolute Gasteiger partial charge is 0.465 e. The van der Waals surface area contributed by atoms with Crippen LogP contribution < -0.4 is 5.32 Å². The average Bonchev–Trinajstić information content (AvgIpc) is 2.78. The Morgan fingerprint density at radius 2 is 2.39 bits per heavy atom. The Hall–Kier alpha value is -0.590. The molecule has 1 atom stereocenters. The number of aromatic nitrogens is 1. The third-order valence-corrected chi connectivity index (χ3v) is 4.51. The van der Waals surface area contributed by atoms with Gasteiger partial charge in [-0.25, -0.2) is 4.98 Å². The van der Waals surface area contributed by atoms with Crippen molar-refractivity contribution in [2.45, 2.75) is 43.6 Å². The molecule has 0 aromatic carbocycles. The Morgan fingerprint density at radius 3 is 2.89 bits per heavy atom. The summed E-state index contributed by atoms with van der Waals surface area (Å²) in [7, 11) is 0. The van der Waals surface area contributed by atoms with Crippen molar-refractivity contribution in [2.75, 3.05) is 12.4 Å². The Labute approximate surface area is 117 Å². The normalized spacial score (nSPS) is 14.5. The smallest absolute Gasteiger partial charge is 0.326 e. The number of ether oxygens (including phenoxy) is 1. The first kappa shape index (κ1) is 15.5. The molecule has 0 aliphatic carbocycles. The Bertz CT molecular complexity index is 368. The molecule has 18 heavy (non-hydrogen) atoms. The fraction of sp³-hybridized carbons (Fsp3) is 0.667. The van der Waals surface area contributed by atoms with Crippen LogP contribution in [0.25, 0.3) is 0 Å². The van der Waals surface area contributed by atoms with E-state index in [1.807, 2.05) is 33.1 Å². The third kappa shape index (κ3) is 4.59. The van der Waals surface area contributed by atoms with Gasteiger partial charge in [0.15, 0.2) is 0 Å². The number of carbonyl (C=O) groups excluding carboxylic acids is 1. The van der Waals surface area contributed by atoms with E-state index in [0.29, 0.717) is 12.4 Å². The molecule has 1 rings (SSSR count). The molecular weight excluding hydrogens is 268 g/mol. The van der Waals surface area contributed by atoms with Crippen LogP contribution in [0.3, 0.4) is 0 Å². The third-order valence-electron chi connectivity index (χ3n) is 2.23. The second kappa shape index (κ2) is 7.11. The summed E-state index contributed by atoms with van der Waals surface area (Å²) in [6.07, 6.45) is 1.77. The number of hydrogen-bond acceptors (Lipinski definition) is 6. The van der Waals surface area contributed by atoms with Gasteiger partial charge in [-0.3, -0.25) is 10.1 Å². The molecule has 0 amide bonds. The van der Waals surface area contributed by atoms with Crippen LogP contribution in [0.1, 0.15) is 27.7 Å². The van der Waals surface area contributed by atoms with E-state index in [1.165, 1.54) is 0 Å². The Morgan fingerprint density at radius 1 is 1.67 bits per heavy atom. The van der Waals surface area contributed by atoms with Crippen molar-refractivity contribution in [1.29, 1.82) is 0 Å². The standard InChI is InChI=1S/C12H20N2O2S2/c1-5-16-10(15)12(4,14-9(2)3)8-18-11-13-6-7-17-11/h6-7,9,14H,5,8H2,1-4H3. The summed E-state index contributed by atoms with van der Waals surface area (Å²) in [5, 5.41) is 5.22. The van der Waals surface area contributed by atoms with Gasteiger partial charge in [-0.15, -0.1) is 11.3 Å². The average molecular weight is 288 g/mol. The summed E-state index contributed by atoms with van der Waals surface area (Å²) in [5.74, 6) is 0.403. The molecule has 102 valence electrons. The number of thioether (sulfide) groups is 1. The zero-order valence-corrected chi connectivity index (χ0v) is 12.9. The SMILES string of the molecule is CCOC(=O)C(C)(CSc1nccs1)NC(C)C. The molecule has 0 fully saturated rings. The lowest BCUT2D eigenvalue weighted by Gasteiger charge is -2.30. The zero-order valence-electron chi connectivity index (χ0n) is 11.2. The lowest BCUT2D eigenvalue weighted by atomic mass is 10.0. The predicted octanol–water partition coefficient (Wildman–Crippen LogP) is 2.56. The number of hydrogen-bond donors (Lipinski definition) is 1. The first-order valence-electron chi connectivity index (χ1n) is 5.95. The molecular formula is C12H20N2O2S2. The molecule has 1 heterocycles. The maximum absolute atomic E-state index is 12.0. The van der Waals surface area contributed by atoms with Crippen molar-refractivity contribution in [3.05, 3.63) is 11.6 Å². The van der Waals surface area contributed by atoms with Crippen LogP contribution in [0.15, 0.2) is 15.9 Å². The van der Waals surface area contributed by atoms with Crippen molar-refractivity contribution in [3.63, 3.8) is 0 Å². The van der Waals surface area contributed by atoms with E-state index in [1.54, 1.807) is 29.3 Å². The van der Waals surface area contributed by atoms with Crippen LogP contribution in [0.4, 0.5) is 0 Å². The zero-order chi connectivity index (χ0) is 13.6. The van der Waals surface area contributed by atoms with Crippen LogP contribution in [-0.2, 0) is 9.53 Å². The van der Waals surface area contributed by atoms with Gasteiger partial charge in [0.25, 0.3) is 0 Å². The minimum Gasteiger partial charge on any atom is -0.465 e. The molecule has 0 saturated heterocycles. The number of esters is 1. The van der Waals surface area contributed by atoms with Crippen LogP contribution in [0.5, 0.6) is 0 Å². The number of rotatable bonds is 7. The number of carbonyl (C=O) groups is 1. The predicted molar refractivity (Wildman–Crippen MR) is 76.1 cm³/mol. The number of nitrogens with one attached hydrogen (secondary N) is 1. The fourth-order valence-electron chi connectivity index (χ4n) is 1.57. The van der Waals surface area contributed by atoms with E-state index < -0.39 is 5.54 Å². The highest BCUT2D eigenvalue weighted by Crippen LogP contribution is 2.25. The van der Waals surface area contributed by atoms with Crippen LogP contribution in [0, 0.1) is 0 Å². The van der Waals surface area contributed by atoms with E-state index in [0.717, 1.165) is 4.34 Å². The molecule has 0 spiro atoms. The maximum atomic E-state index is 12.0. The highest BCUT2D eigenvalue weighted by molar-refractivity contribution is 8.01. The second-order valence-corrected chi connectivity index (χ2v) is 6.56. The van der Waals surface area contributed by atoms with Gasteiger partial charge in [0.05, 0.1) is 6.61 Å². The van der Waals surface area contributed by atoms with Gasteiger partial charge >= 0.3 is 5.97 Å². The van der Waals surface area contributed by atoms with E-state index in [2.05, 4.69) is 10.3 Å². The minimum atomic E-state index is -0.680. The molecule has 0 bridgehead atoms. The first-order chi connectivity index (χ1) is 8.48. The van der Waals surface area contributed by atoms with Crippen molar-refractivity contribution in [1.82, 2.24) is 10.3 Å². The lowest BCUT2D eigenvalue weighted by molar-refractivity contribution is -0.149. The second-order valence-electron chi connectivity index (χ2n) is 4.44. The summed E-state index contributed by atoms with van der Waals surface area (Å²) in [6, 6.07) is 0.219. The molecule has 0 radical (unpaired) electrons. The lowest BCUT2D eigenvalue weighted by Crippen LogP contribution is -2.55. The van der Waals surface area contributed by atoms with Crippen molar-refractivity contribution >= 4 is 29.1 Å². The summed E-state index contributed by atoms with van der Waals surface area (Å²) in [6.45, 7) is 8.14. The Balaban J connectivity index is 2.67. The van der Waals surface area contributed by atoms with Crippen molar-refractivity contribution in [3.8, 4) is 0 Å². The van der Waals surface area contributed by atoms with Crippen LogP contribution >= 0.6 is 23.1 Å². The quantitative estimate of drug-likeness (QED) is 0.617. The first-order valence-corrected chi connectivity index (χ1v) is 7.81. The topological polar surface area (TPSA) is 51.2 Å². The molecule has 1 aromatic rings. The number of thiazole rings is 1. The minimum absolute atomic E-state index is 0.206. The van der Waals surface area contributed by atoms with Gasteiger partial charge in [0.2, 0.25) is 0 Å². The molecule has 1 N–H and O–H groups in total. The van der Waals surface area contributed by atoms with E-state index in [-0.39, 0.29) is 12.0 Å². The van der Waals surface area contributed by atoms with Crippen molar-refractivity contribution < 1.29 is 9.53 Å². The summed E-state index contributed by atoms with van der Waals surface area (Å²) < 4.78 is 6.11. The highest BCUT2D eigenvalue weighted by Gasteiger charge is 2.35. The molecule has 1 aromatic heterocycles. The summed E-state index contributed by atoms with van der Waals surface area (Å²) in [4.78, 5) is 16.3. The van der Waals surface area contributed by atoms with Gasteiger partial charge in [-0.05, 0) is 27.7 Å². The van der Waals surface area contributed by atoms with Crippen LogP contribution in [-0.4, -0.2) is 34.9 Å². The molecule has 0 aliphatic rings. The highest BCUT2D eigenvalue weighted by atomic mass is 32.2. The molecule has 6 heteroatoms.